The van der Waals surface area contributed by atoms with Gasteiger partial charge in [0.05, 0.1) is 4.90 Å². The highest BCUT2D eigenvalue weighted by Crippen LogP contribution is 2.36. The Kier molecular flexibility index (Phi) is 4.75. The smallest absolute Gasteiger partial charge is 0.206 e. The van der Waals surface area contributed by atoms with Crippen LogP contribution in [0, 0.1) is 0 Å². The molecule has 0 saturated carbocycles. The van der Waals surface area contributed by atoms with Gasteiger partial charge in [-0.25, -0.2) is 8.42 Å². The van der Waals surface area contributed by atoms with Crippen LogP contribution in [0.15, 0.2) is 47.4 Å². The van der Waals surface area contributed by atoms with Gasteiger partial charge in [-0.2, -0.15) is 5.21 Å². The third kappa shape index (κ3) is 3.63. The quantitative estimate of drug-likeness (QED) is 0.717. The molecule has 140 valence electrons. The van der Waals surface area contributed by atoms with Crippen molar-refractivity contribution < 1.29 is 8.42 Å². The van der Waals surface area contributed by atoms with Crippen molar-refractivity contribution in [3.8, 4) is 22.5 Å². The van der Waals surface area contributed by atoms with Gasteiger partial charge in [0.15, 0.2) is 9.84 Å². The van der Waals surface area contributed by atoms with Crippen LogP contribution < -0.4 is 5.32 Å². The molecule has 1 saturated heterocycles. The molecule has 0 amide bonds. The Morgan fingerprint density at radius 3 is 2.41 bits per heavy atom. The minimum atomic E-state index is -3.44. The van der Waals surface area contributed by atoms with Crippen molar-refractivity contribution >= 4 is 9.84 Å². The lowest BCUT2D eigenvalue weighted by molar-refractivity contribution is 0.460. The molecule has 0 atom stereocenters. The van der Waals surface area contributed by atoms with E-state index in [0.717, 1.165) is 37.1 Å². The number of rotatable bonds is 4. The molecule has 2 aromatic carbocycles. The SMILES string of the molecule is CS(=O)(=O)c1cccc(-c2ccc(C3CCNCC3)cc2)c1-c1nn[nH]n1. The van der Waals surface area contributed by atoms with E-state index in [1.807, 2.05) is 18.2 Å². The molecular formula is C19H21N5O2S. The summed E-state index contributed by atoms with van der Waals surface area (Å²) in [7, 11) is -3.44. The number of hydrogen-bond acceptors (Lipinski definition) is 6. The molecule has 7 nitrogen and oxygen atoms in total. The first-order chi connectivity index (χ1) is 13.0. The molecule has 1 aliphatic heterocycles. The van der Waals surface area contributed by atoms with E-state index in [0.29, 0.717) is 11.5 Å². The zero-order valence-corrected chi connectivity index (χ0v) is 15.8. The number of nitrogens with one attached hydrogen (secondary N) is 2. The van der Waals surface area contributed by atoms with Crippen LogP contribution in [-0.4, -0.2) is 48.4 Å². The fourth-order valence-electron chi connectivity index (χ4n) is 3.67. The number of piperidine rings is 1. The van der Waals surface area contributed by atoms with E-state index in [1.165, 1.54) is 11.8 Å². The van der Waals surface area contributed by atoms with Crippen molar-refractivity contribution in [1.82, 2.24) is 25.9 Å². The largest absolute Gasteiger partial charge is 0.317 e. The van der Waals surface area contributed by atoms with Crippen LogP contribution >= 0.6 is 0 Å². The molecule has 0 radical (unpaired) electrons. The standard InChI is InChI=1S/C19H21N5O2S/c1-27(25,26)17-4-2-3-16(18(17)19-21-23-24-22-19)15-7-5-13(6-8-15)14-9-11-20-12-10-14/h2-8,14,20H,9-12H2,1H3,(H,21,22,23,24). The van der Waals surface area contributed by atoms with E-state index in [2.05, 4.69) is 38.1 Å². The van der Waals surface area contributed by atoms with Crippen LogP contribution in [0.3, 0.4) is 0 Å². The molecule has 4 rings (SSSR count). The van der Waals surface area contributed by atoms with Crippen molar-refractivity contribution in [1.29, 1.82) is 0 Å². The Morgan fingerprint density at radius 1 is 1.04 bits per heavy atom. The van der Waals surface area contributed by atoms with Crippen molar-refractivity contribution in [2.75, 3.05) is 19.3 Å². The Morgan fingerprint density at radius 2 is 1.78 bits per heavy atom. The number of benzene rings is 2. The van der Waals surface area contributed by atoms with Crippen molar-refractivity contribution in [3.63, 3.8) is 0 Å². The van der Waals surface area contributed by atoms with Gasteiger partial charge in [0.1, 0.15) is 0 Å². The summed E-state index contributed by atoms with van der Waals surface area (Å²) < 4.78 is 24.6. The van der Waals surface area contributed by atoms with Crippen LogP contribution in [0.4, 0.5) is 0 Å². The Hall–Kier alpha value is -2.58. The van der Waals surface area contributed by atoms with Gasteiger partial charge in [-0.05, 0) is 59.8 Å². The maximum absolute atomic E-state index is 12.3. The fraction of sp³-hybridized carbons (Fsp3) is 0.316. The second kappa shape index (κ2) is 7.21. The van der Waals surface area contributed by atoms with E-state index in [9.17, 15) is 8.42 Å². The summed E-state index contributed by atoms with van der Waals surface area (Å²) in [4.78, 5) is 0.198. The lowest BCUT2D eigenvalue weighted by atomic mass is 9.89. The number of H-pyrrole nitrogens is 1. The highest BCUT2D eigenvalue weighted by atomic mass is 32.2. The van der Waals surface area contributed by atoms with Crippen molar-refractivity contribution in [2.45, 2.75) is 23.7 Å². The van der Waals surface area contributed by atoms with Gasteiger partial charge in [-0.3, -0.25) is 0 Å². The first-order valence-corrected chi connectivity index (χ1v) is 10.8. The average molecular weight is 383 g/mol. The van der Waals surface area contributed by atoms with Crippen molar-refractivity contribution in [2.24, 2.45) is 0 Å². The average Bonchev–Trinajstić information content (AvgIpc) is 3.22. The zero-order valence-electron chi connectivity index (χ0n) is 15.0. The number of hydrogen-bond donors (Lipinski definition) is 2. The van der Waals surface area contributed by atoms with Gasteiger partial charge in [0, 0.05) is 11.8 Å². The summed E-state index contributed by atoms with van der Waals surface area (Å²) in [5.74, 6) is 0.841. The number of aromatic amines is 1. The summed E-state index contributed by atoms with van der Waals surface area (Å²) in [5, 5.41) is 17.4. The Bertz CT molecular complexity index is 1020. The predicted octanol–water partition coefficient (Wildman–Crippen LogP) is 2.40. The van der Waals surface area contributed by atoms with Crippen LogP contribution in [0.1, 0.15) is 24.3 Å². The molecule has 2 heterocycles. The van der Waals surface area contributed by atoms with E-state index < -0.39 is 9.84 Å². The first-order valence-electron chi connectivity index (χ1n) is 8.92. The summed E-state index contributed by atoms with van der Waals surface area (Å²) in [6.07, 6.45) is 3.46. The molecule has 2 N–H and O–H groups in total. The van der Waals surface area contributed by atoms with E-state index in [4.69, 9.17) is 0 Å². The normalized spacial score (nSPS) is 15.7. The molecule has 0 unspecified atom stereocenters. The van der Waals surface area contributed by atoms with Crippen LogP contribution in [0.2, 0.25) is 0 Å². The van der Waals surface area contributed by atoms with Gasteiger partial charge < -0.3 is 5.32 Å². The summed E-state index contributed by atoms with van der Waals surface area (Å²) >= 11 is 0. The number of aromatic nitrogens is 4. The summed E-state index contributed by atoms with van der Waals surface area (Å²) in [5.41, 5.74) is 3.50. The monoisotopic (exact) mass is 383 g/mol. The molecule has 0 bridgehead atoms. The third-order valence-corrected chi connectivity index (χ3v) is 6.17. The van der Waals surface area contributed by atoms with Crippen LogP contribution in [-0.2, 0) is 9.84 Å². The zero-order chi connectivity index (χ0) is 18.9. The number of nitrogens with zero attached hydrogens (tertiary/aromatic N) is 3. The second-order valence-electron chi connectivity index (χ2n) is 6.83. The number of tetrazole rings is 1. The first kappa shape index (κ1) is 17.8. The maximum Gasteiger partial charge on any atom is 0.206 e. The molecule has 8 heteroatoms. The van der Waals surface area contributed by atoms with E-state index >= 15 is 0 Å². The summed E-state index contributed by atoms with van der Waals surface area (Å²) in [6, 6.07) is 13.6. The van der Waals surface area contributed by atoms with Gasteiger partial charge in [-0.1, -0.05) is 36.4 Å². The highest BCUT2D eigenvalue weighted by molar-refractivity contribution is 7.90. The molecule has 1 aliphatic rings. The minimum Gasteiger partial charge on any atom is -0.317 e. The summed E-state index contributed by atoms with van der Waals surface area (Å²) in [6.45, 7) is 2.09. The van der Waals surface area contributed by atoms with Crippen molar-refractivity contribution in [3.05, 3.63) is 48.0 Å². The maximum atomic E-state index is 12.3. The molecule has 0 aliphatic carbocycles. The second-order valence-corrected chi connectivity index (χ2v) is 8.82. The fourth-order valence-corrected chi connectivity index (χ4v) is 4.57. The molecule has 3 aromatic rings. The van der Waals surface area contributed by atoms with Crippen LogP contribution in [0.5, 0.6) is 0 Å². The molecule has 27 heavy (non-hydrogen) atoms. The predicted molar refractivity (Wildman–Crippen MR) is 103 cm³/mol. The topological polar surface area (TPSA) is 101 Å². The van der Waals surface area contributed by atoms with E-state index in [1.54, 1.807) is 12.1 Å². The van der Waals surface area contributed by atoms with Gasteiger partial charge in [0.25, 0.3) is 0 Å². The van der Waals surface area contributed by atoms with Gasteiger partial charge >= 0.3 is 0 Å². The van der Waals surface area contributed by atoms with Gasteiger partial charge in [-0.15, -0.1) is 10.2 Å². The van der Waals surface area contributed by atoms with Crippen LogP contribution in [0.25, 0.3) is 22.5 Å². The molecule has 1 fully saturated rings. The Labute approximate surface area is 158 Å². The number of sulfone groups is 1. The lowest BCUT2D eigenvalue weighted by Crippen LogP contribution is -2.26. The van der Waals surface area contributed by atoms with E-state index in [-0.39, 0.29) is 10.7 Å². The molecule has 0 spiro atoms. The molecule has 1 aromatic heterocycles. The minimum absolute atomic E-state index is 0.198. The molecular weight excluding hydrogens is 362 g/mol. The lowest BCUT2D eigenvalue weighted by Gasteiger charge is -2.23. The Balaban J connectivity index is 1.80. The third-order valence-electron chi connectivity index (χ3n) is 5.03. The van der Waals surface area contributed by atoms with Gasteiger partial charge in [0.2, 0.25) is 5.82 Å². The highest BCUT2D eigenvalue weighted by Gasteiger charge is 2.22.